The van der Waals surface area contributed by atoms with Crippen molar-refractivity contribution in [3.63, 3.8) is 0 Å². The summed E-state index contributed by atoms with van der Waals surface area (Å²) in [5, 5.41) is 0.375. The lowest BCUT2D eigenvalue weighted by atomic mass is 10.1. The maximum Gasteiger partial charge on any atom is 0.338 e. The highest BCUT2D eigenvalue weighted by Gasteiger charge is 2.22. The fraction of sp³-hybridized carbons (Fsp3) is 0.176. The molecule has 1 atom stereocenters. The predicted molar refractivity (Wildman–Crippen MR) is 97.5 cm³/mol. The van der Waals surface area contributed by atoms with E-state index in [2.05, 4.69) is 4.72 Å². The first-order valence-corrected chi connectivity index (χ1v) is 9.35. The van der Waals surface area contributed by atoms with Crippen LogP contribution in [-0.2, 0) is 19.6 Å². The summed E-state index contributed by atoms with van der Waals surface area (Å²) in [6, 6.07) is 10.3. The average molecular weight is 397 g/mol. The van der Waals surface area contributed by atoms with Crippen LogP contribution in [0.15, 0.2) is 47.4 Å². The van der Waals surface area contributed by atoms with Gasteiger partial charge in [-0.2, -0.15) is 0 Å². The number of anilines is 1. The zero-order valence-corrected chi connectivity index (χ0v) is 15.6. The maximum absolute atomic E-state index is 12.7. The molecule has 0 fully saturated rings. The fourth-order valence-corrected chi connectivity index (χ4v) is 3.58. The number of carbonyl (C=O) groups is 2. The SMILES string of the molecule is Cc1ccc(C(=O)O[C@H](C)C(N)=O)cc1S(=O)(=O)Nc1cccc(Cl)c1. The Morgan fingerprint density at radius 1 is 1.19 bits per heavy atom. The molecule has 0 saturated carbocycles. The number of nitrogens with one attached hydrogen (secondary N) is 1. The van der Waals surface area contributed by atoms with Crippen molar-refractivity contribution in [3.05, 3.63) is 58.6 Å². The minimum absolute atomic E-state index is 0.0184. The minimum atomic E-state index is -3.97. The first-order valence-electron chi connectivity index (χ1n) is 7.49. The molecule has 0 radical (unpaired) electrons. The normalized spacial score (nSPS) is 12.3. The number of carbonyl (C=O) groups excluding carboxylic acids is 2. The molecular weight excluding hydrogens is 380 g/mol. The molecule has 0 unspecified atom stereocenters. The zero-order valence-electron chi connectivity index (χ0n) is 14.0. The second-order valence-electron chi connectivity index (χ2n) is 5.55. The van der Waals surface area contributed by atoms with Crippen LogP contribution < -0.4 is 10.5 Å². The third-order valence-electron chi connectivity index (χ3n) is 3.47. The average Bonchev–Trinajstić information content (AvgIpc) is 2.54. The number of halogens is 1. The van der Waals surface area contributed by atoms with Gasteiger partial charge in [0, 0.05) is 5.02 Å². The maximum atomic E-state index is 12.7. The van der Waals surface area contributed by atoms with Crippen molar-refractivity contribution in [2.24, 2.45) is 5.73 Å². The molecular formula is C17H17ClN2O5S. The predicted octanol–water partition coefficient (Wildman–Crippen LogP) is 2.48. The van der Waals surface area contributed by atoms with Gasteiger partial charge in [-0.1, -0.05) is 23.7 Å². The summed E-state index contributed by atoms with van der Waals surface area (Å²) in [6.07, 6.45) is -1.13. The topological polar surface area (TPSA) is 116 Å². The Hall–Kier alpha value is -2.58. The standard InChI is InChI=1S/C17H17ClN2O5S/c1-10-6-7-12(17(22)25-11(2)16(19)21)8-15(10)26(23,24)20-14-5-3-4-13(18)9-14/h3-9,11,20H,1-2H3,(H2,19,21)/t11-/m1/s1. The monoisotopic (exact) mass is 396 g/mol. The molecule has 138 valence electrons. The Bertz CT molecular complexity index is 959. The molecule has 1 amide bonds. The number of ether oxygens (including phenoxy) is 1. The van der Waals surface area contributed by atoms with E-state index in [0.29, 0.717) is 10.6 Å². The van der Waals surface area contributed by atoms with Gasteiger partial charge in [0.25, 0.3) is 15.9 Å². The van der Waals surface area contributed by atoms with Gasteiger partial charge < -0.3 is 10.5 Å². The van der Waals surface area contributed by atoms with Crippen molar-refractivity contribution < 1.29 is 22.7 Å². The third kappa shape index (κ3) is 4.74. The summed E-state index contributed by atoms with van der Waals surface area (Å²) in [4.78, 5) is 23.0. The van der Waals surface area contributed by atoms with Gasteiger partial charge in [0.2, 0.25) is 0 Å². The molecule has 26 heavy (non-hydrogen) atoms. The van der Waals surface area contributed by atoms with E-state index in [1.165, 1.54) is 31.2 Å². The highest BCUT2D eigenvalue weighted by atomic mass is 35.5. The van der Waals surface area contributed by atoms with E-state index in [4.69, 9.17) is 22.1 Å². The minimum Gasteiger partial charge on any atom is -0.449 e. The van der Waals surface area contributed by atoms with Crippen LogP contribution in [-0.4, -0.2) is 26.4 Å². The molecule has 0 aliphatic heterocycles. The van der Waals surface area contributed by atoms with E-state index in [0.717, 1.165) is 0 Å². The lowest BCUT2D eigenvalue weighted by Crippen LogP contribution is -2.30. The van der Waals surface area contributed by atoms with Crippen LogP contribution in [0, 0.1) is 6.92 Å². The third-order valence-corrected chi connectivity index (χ3v) is 5.23. The Morgan fingerprint density at radius 2 is 1.88 bits per heavy atom. The molecule has 0 saturated heterocycles. The first kappa shape index (κ1) is 19.7. The van der Waals surface area contributed by atoms with Crippen LogP contribution >= 0.6 is 11.6 Å². The van der Waals surface area contributed by atoms with E-state index >= 15 is 0 Å². The Balaban J connectivity index is 2.33. The summed E-state index contributed by atoms with van der Waals surface area (Å²) < 4.78 is 32.6. The molecule has 3 N–H and O–H groups in total. The number of benzene rings is 2. The number of amides is 1. The van der Waals surface area contributed by atoms with Crippen molar-refractivity contribution in [1.29, 1.82) is 0 Å². The number of primary amides is 1. The van der Waals surface area contributed by atoms with E-state index in [9.17, 15) is 18.0 Å². The summed E-state index contributed by atoms with van der Waals surface area (Å²) >= 11 is 5.86. The molecule has 0 heterocycles. The van der Waals surface area contributed by atoms with Crippen LogP contribution in [0.5, 0.6) is 0 Å². The Labute approximate surface area is 156 Å². The van der Waals surface area contributed by atoms with E-state index < -0.39 is 28.0 Å². The molecule has 9 heteroatoms. The summed E-state index contributed by atoms with van der Waals surface area (Å²) in [7, 11) is -3.97. The second kappa shape index (κ2) is 7.76. The quantitative estimate of drug-likeness (QED) is 0.727. The van der Waals surface area contributed by atoms with E-state index in [1.807, 2.05) is 0 Å². The number of sulfonamides is 1. The van der Waals surface area contributed by atoms with Gasteiger partial charge in [-0.05, 0) is 49.7 Å². The largest absolute Gasteiger partial charge is 0.449 e. The fourth-order valence-electron chi connectivity index (χ4n) is 2.07. The number of hydrogen-bond acceptors (Lipinski definition) is 5. The van der Waals surface area contributed by atoms with Crippen molar-refractivity contribution >= 4 is 39.2 Å². The van der Waals surface area contributed by atoms with E-state index in [1.54, 1.807) is 25.1 Å². The highest BCUT2D eigenvalue weighted by Crippen LogP contribution is 2.23. The van der Waals surface area contributed by atoms with Gasteiger partial charge >= 0.3 is 5.97 Å². The molecule has 7 nitrogen and oxygen atoms in total. The van der Waals surface area contributed by atoms with Gasteiger partial charge in [0.1, 0.15) is 0 Å². The number of nitrogens with two attached hydrogens (primary N) is 1. The summed E-state index contributed by atoms with van der Waals surface area (Å²) in [5.41, 5.74) is 5.75. The van der Waals surface area contributed by atoms with Crippen molar-refractivity contribution in [3.8, 4) is 0 Å². The van der Waals surface area contributed by atoms with Crippen LogP contribution in [0.4, 0.5) is 5.69 Å². The number of hydrogen-bond donors (Lipinski definition) is 2. The highest BCUT2D eigenvalue weighted by molar-refractivity contribution is 7.92. The van der Waals surface area contributed by atoms with Gasteiger partial charge in [-0.15, -0.1) is 0 Å². The van der Waals surface area contributed by atoms with Crippen LogP contribution in [0.3, 0.4) is 0 Å². The van der Waals surface area contributed by atoms with E-state index in [-0.39, 0.29) is 16.1 Å². The molecule has 0 aromatic heterocycles. The number of rotatable bonds is 6. The van der Waals surface area contributed by atoms with Gasteiger partial charge in [-0.25, -0.2) is 13.2 Å². The zero-order chi connectivity index (χ0) is 19.5. The van der Waals surface area contributed by atoms with Gasteiger partial charge in [-0.3, -0.25) is 9.52 Å². The molecule has 0 aliphatic carbocycles. The molecule has 0 aliphatic rings. The van der Waals surface area contributed by atoms with Crippen LogP contribution in [0.1, 0.15) is 22.8 Å². The van der Waals surface area contributed by atoms with Crippen molar-refractivity contribution in [2.75, 3.05) is 4.72 Å². The lowest BCUT2D eigenvalue weighted by molar-refractivity contribution is -0.125. The molecule has 2 rings (SSSR count). The van der Waals surface area contributed by atoms with Crippen LogP contribution in [0.2, 0.25) is 5.02 Å². The van der Waals surface area contributed by atoms with Gasteiger partial charge in [0.05, 0.1) is 16.1 Å². The Kier molecular flexibility index (Phi) is 5.89. The van der Waals surface area contributed by atoms with Crippen molar-refractivity contribution in [2.45, 2.75) is 24.8 Å². The van der Waals surface area contributed by atoms with Crippen LogP contribution in [0.25, 0.3) is 0 Å². The molecule has 2 aromatic rings. The number of esters is 1. The summed E-state index contributed by atoms with van der Waals surface area (Å²) in [5.74, 6) is -1.66. The van der Waals surface area contributed by atoms with Crippen molar-refractivity contribution in [1.82, 2.24) is 0 Å². The lowest BCUT2D eigenvalue weighted by Gasteiger charge is -2.13. The van der Waals surface area contributed by atoms with Gasteiger partial charge in [0.15, 0.2) is 6.10 Å². The molecule has 0 spiro atoms. The first-order chi connectivity index (χ1) is 12.1. The summed E-state index contributed by atoms with van der Waals surface area (Å²) in [6.45, 7) is 2.92. The molecule has 0 bridgehead atoms. The second-order valence-corrected chi connectivity index (χ2v) is 7.63. The number of aryl methyl sites for hydroxylation is 1. The smallest absolute Gasteiger partial charge is 0.338 e. The molecule has 2 aromatic carbocycles. The Morgan fingerprint density at radius 3 is 2.50 bits per heavy atom.